The van der Waals surface area contributed by atoms with Crippen LogP contribution in [0.4, 0.5) is 0 Å². The Hall–Kier alpha value is -3.07. The standard InChI is InChI=1S/C16H14N2O4/c1-10(19)22-16(9-17,15(18)20)13-7-8-14(21-2)12-6-4-3-5-11(12)13/h3-8H,1-2H3,(H2,18,20). The lowest BCUT2D eigenvalue weighted by molar-refractivity contribution is -0.160. The van der Waals surface area contributed by atoms with Gasteiger partial charge in [-0.3, -0.25) is 9.59 Å². The summed E-state index contributed by atoms with van der Waals surface area (Å²) in [6.07, 6.45) is 0. The van der Waals surface area contributed by atoms with Crippen molar-refractivity contribution < 1.29 is 19.1 Å². The maximum absolute atomic E-state index is 11.9. The summed E-state index contributed by atoms with van der Waals surface area (Å²) < 4.78 is 10.3. The number of nitriles is 1. The third kappa shape index (κ3) is 2.33. The predicted molar refractivity (Wildman–Crippen MR) is 78.8 cm³/mol. The van der Waals surface area contributed by atoms with Gasteiger partial charge in [-0.2, -0.15) is 5.26 Å². The van der Waals surface area contributed by atoms with Crippen molar-refractivity contribution in [3.8, 4) is 11.8 Å². The lowest BCUT2D eigenvalue weighted by Gasteiger charge is -2.24. The molecule has 22 heavy (non-hydrogen) atoms. The van der Waals surface area contributed by atoms with Crippen LogP contribution in [0.3, 0.4) is 0 Å². The summed E-state index contributed by atoms with van der Waals surface area (Å²) in [7, 11) is 1.51. The Balaban J connectivity index is 2.84. The molecule has 1 unspecified atom stereocenters. The SMILES string of the molecule is COc1ccc(C(C#N)(OC(C)=O)C(N)=O)c2ccccc12. The number of methoxy groups -OCH3 is 1. The van der Waals surface area contributed by atoms with Gasteiger partial charge in [0, 0.05) is 17.9 Å². The molecule has 0 heterocycles. The van der Waals surface area contributed by atoms with Crippen LogP contribution in [0.2, 0.25) is 0 Å². The van der Waals surface area contributed by atoms with Crippen LogP contribution in [-0.2, 0) is 19.9 Å². The van der Waals surface area contributed by atoms with Crippen molar-refractivity contribution in [2.75, 3.05) is 7.11 Å². The van der Waals surface area contributed by atoms with Crippen molar-refractivity contribution in [3.05, 3.63) is 42.0 Å². The smallest absolute Gasteiger partial charge is 0.304 e. The predicted octanol–water partition coefficient (Wildman–Crippen LogP) is 1.62. The highest BCUT2D eigenvalue weighted by Crippen LogP contribution is 2.36. The van der Waals surface area contributed by atoms with Crippen LogP contribution in [0.1, 0.15) is 12.5 Å². The maximum atomic E-state index is 11.9. The average Bonchev–Trinajstić information content (AvgIpc) is 2.51. The van der Waals surface area contributed by atoms with Gasteiger partial charge in [0.1, 0.15) is 11.8 Å². The van der Waals surface area contributed by atoms with Gasteiger partial charge < -0.3 is 15.2 Å². The summed E-state index contributed by atoms with van der Waals surface area (Å²) in [5.74, 6) is -1.26. The Bertz CT molecular complexity index is 794. The van der Waals surface area contributed by atoms with Crippen LogP contribution in [-0.4, -0.2) is 19.0 Å². The number of fused-ring (bicyclic) bond motifs is 1. The summed E-state index contributed by atoms with van der Waals surface area (Å²) in [6, 6.07) is 11.8. The number of carbonyl (C=O) groups is 2. The summed E-state index contributed by atoms with van der Waals surface area (Å²) in [4.78, 5) is 23.2. The van der Waals surface area contributed by atoms with E-state index in [1.54, 1.807) is 36.4 Å². The third-order valence-corrected chi connectivity index (χ3v) is 3.28. The van der Waals surface area contributed by atoms with Gasteiger partial charge in [-0.25, -0.2) is 0 Å². The maximum Gasteiger partial charge on any atom is 0.304 e. The number of benzene rings is 2. The molecule has 0 saturated carbocycles. The Morgan fingerprint density at radius 2 is 1.82 bits per heavy atom. The fourth-order valence-electron chi connectivity index (χ4n) is 2.35. The fraction of sp³-hybridized carbons (Fsp3) is 0.188. The number of amides is 1. The molecule has 1 atom stereocenters. The van der Waals surface area contributed by atoms with Gasteiger partial charge in [0.2, 0.25) is 0 Å². The summed E-state index contributed by atoms with van der Waals surface area (Å²) in [5, 5.41) is 10.7. The molecule has 112 valence electrons. The van der Waals surface area contributed by atoms with Crippen molar-refractivity contribution in [2.24, 2.45) is 5.73 Å². The molecule has 6 nitrogen and oxygen atoms in total. The number of ether oxygens (including phenoxy) is 2. The Morgan fingerprint density at radius 1 is 1.18 bits per heavy atom. The second kappa shape index (κ2) is 5.74. The Labute approximate surface area is 127 Å². The van der Waals surface area contributed by atoms with E-state index in [0.717, 1.165) is 6.92 Å². The van der Waals surface area contributed by atoms with Crippen molar-refractivity contribution in [2.45, 2.75) is 12.5 Å². The Morgan fingerprint density at radius 3 is 2.32 bits per heavy atom. The first-order chi connectivity index (χ1) is 10.5. The van der Waals surface area contributed by atoms with Crippen LogP contribution in [0.5, 0.6) is 5.75 Å². The lowest BCUT2D eigenvalue weighted by atomic mass is 9.89. The van der Waals surface area contributed by atoms with Crippen LogP contribution < -0.4 is 10.5 Å². The summed E-state index contributed by atoms with van der Waals surface area (Å²) in [5.41, 5.74) is 3.37. The van der Waals surface area contributed by atoms with E-state index in [9.17, 15) is 14.9 Å². The minimum Gasteiger partial charge on any atom is -0.496 e. The van der Waals surface area contributed by atoms with Gasteiger partial charge in [0.05, 0.1) is 7.11 Å². The molecule has 2 aromatic rings. The Kier molecular flexibility index (Phi) is 4.00. The van der Waals surface area contributed by atoms with E-state index in [1.807, 2.05) is 0 Å². The first-order valence-corrected chi connectivity index (χ1v) is 6.43. The lowest BCUT2D eigenvalue weighted by Crippen LogP contribution is -2.43. The third-order valence-electron chi connectivity index (χ3n) is 3.28. The molecule has 0 bridgehead atoms. The van der Waals surface area contributed by atoms with E-state index in [4.69, 9.17) is 15.2 Å². The zero-order chi connectivity index (χ0) is 16.3. The van der Waals surface area contributed by atoms with Crippen LogP contribution in [0.25, 0.3) is 10.8 Å². The average molecular weight is 298 g/mol. The second-order valence-electron chi connectivity index (χ2n) is 4.61. The number of carbonyl (C=O) groups excluding carboxylic acids is 2. The topological polar surface area (TPSA) is 102 Å². The van der Waals surface area contributed by atoms with E-state index in [-0.39, 0.29) is 5.56 Å². The molecular weight excluding hydrogens is 284 g/mol. The first-order valence-electron chi connectivity index (χ1n) is 6.43. The van der Waals surface area contributed by atoms with Gasteiger partial charge >= 0.3 is 11.6 Å². The zero-order valence-electron chi connectivity index (χ0n) is 12.1. The van der Waals surface area contributed by atoms with E-state index in [0.29, 0.717) is 16.5 Å². The number of rotatable bonds is 4. The highest BCUT2D eigenvalue weighted by atomic mass is 16.6. The van der Waals surface area contributed by atoms with E-state index in [1.165, 1.54) is 13.2 Å². The van der Waals surface area contributed by atoms with Crippen LogP contribution in [0.15, 0.2) is 36.4 Å². The van der Waals surface area contributed by atoms with Gasteiger partial charge in [-0.1, -0.05) is 24.3 Å². The molecular formula is C16H14N2O4. The van der Waals surface area contributed by atoms with Crippen LogP contribution in [0, 0.1) is 11.3 Å². The molecule has 0 spiro atoms. The minimum atomic E-state index is -2.18. The number of nitrogens with two attached hydrogens (primary N) is 1. The van der Waals surface area contributed by atoms with Crippen molar-refractivity contribution in [1.29, 1.82) is 5.26 Å². The monoisotopic (exact) mass is 298 g/mol. The minimum absolute atomic E-state index is 0.203. The molecule has 2 aromatic carbocycles. The summed E-state index contributed by atoms with van der Waals surface area (Å²) in [6.45, 7) is 1.11. The molecule has 0 aliphatic carbocycles. The molecule has 0 aliphatic heterocycles. The van der Waals surface area contributed by atoms with Crippen molar-refractivity contribution in [3.63, 3.8) is 0 Å². The van der Waals surface area contributed by atoms with E-state index < -0.39 is 17.5 Å². The molecule has 0 aromatic heterocycles. The highest BCUT2D eigenvalue weighted by Gasteiger charge is 2.44. The number of primary amides is 1. The molecule has 2 N–H and O–H groups in total. The largest absolute Gasteiger partial charge is 0.496 e. The van der Waals surface area contributed by atoms with E-state index in [2.05, 4.69) is 0 Å². The molecule has 0 aliphatic rings. The van der Waals surface area contributed by atoms with Gasteiger partial charge in [-0.15, -0.1) is 0 Å². The first kappa shape index (κ1) is 15.3. The van der Waals surface area contributed by atoms with Gasteiger partial charge in [0.15, 0.2) is 0 Å². The van der Waals surface area contributed by atoms with Crippen molar-refractivity contribution >= 4 is 22.6 Å². The molecule has 0 fully saturated rings. The number of nitrogens with zero attached hydrogens (tertiary/aromatic N) is 1. The number of hydrogen-bond donors (Lipinski definition) is 1. The van der Waals surface area contributed by atoms with E-state index >= 15 is 0 Å². The van der Waals surface area contributed by atoms with Crippen LogP contribution >= 0.6 is 0 Å². The van der Waals surface area contributed by atoms with Gasteiger partial charge in [-0.05, 0) is 17.5 Å². The molecule has 0 saturated heterocycles. The molecule has 2 rings (SSSR count). The molecule has 1 amide bonds. The fourth-order valence-corrected chi connectivity index (χ4v) is 2.35. The summed E-state index contributed by atoms with van der Waals surface area (Å²) >= 11 is 0. The number of hydrogen-bond acceptors (Lipinski definition) is 5. The zero-order valence-corrected chi connectivity index (χ0v) is 12.1. The normalized spacial score (nSPS) is 13.0. The van der Waals surface area contributed by atoms with Gasteiger partial charge in [0.25, 0.3) is 5.91 Å². The van der Waals surface area contributed by atoms with Crippen molar-refractivity contribution in [1.82, 2.24) is 0 Å². The number of esters is 1. The molecule has 6 heteroatoms. The quantitative estimate of drug-likeness (QED) is 0.864. The molecule has 0 radical (unpaired) electrons. The highest BCUT2D eigenvalue weighted by molar-refractivity contribution is 5.99. The second-order valence-corrected chi connectivity index (χ2v) is 4.61.